The van der Waals surface area contributed by atoms with E-state index >= 15 is 0 Å². The molecule has 0 aliphatic rings. The average molecular weight is 432 g/mol. The summed E-state index contributed by atoms with van der Waals surface area (Å²) in [6.07, 6.45) is 0. The van der Waals surface area contributed by atoms with Crippen LogP contribution in [-0.4, -0.2) is 26.4 Å². The molecule has 9 heteroatoms. The molecule has 3 rings (SSSR count). The zero-order chi connectivity index (χ0) is 21.2. The summed E-state index contributed by atoms with van der Waals surface area (Å²) in [5, 5.41) is 2.92. The number of ether oxygens (including phenoxy) is 1. The number of anilines is 2. The fourth-order valence-corrected chi connectivity index (χ4v) is 4.72. The van der Waals surface area contributed by atoms with Gasteiger partial charge >= 0.3 is 0 Å². The van der Waals surface area contributed by atoms with Crippen LogP contribution in [0.1, 0.15) is 26.5 Å². The number of amides is 1. The molecular formula is C20H21N3O4S2. The van der Waals surface area contributed by atoms with E-state index in [4.69, 9.17) is 4.74 Å². The van der Waals surface area contributed by atoms with E-state index in [1.165, 1.54) is 19.2 Å². The Kier molecular flexibility index (Phi) is 5.90. The van der Waals surface area contributed by atoms with E-state index in [2.05, 4.69) is 15.0 Å². The minimum atomic E-state index is -3.79. The van der Waals surface area contributed by atoms with Crippen LogP contribution in [0.15, 0.2) is 47.4 Å². The summed E-state index contributed by atoms with van der Waals surface area (Å²) >= 11 is 0.974. The van der Waals surface area contributed by atoms with Crippen LogP contribution in [0.2, 0.25) is 0 Å². The van der Waals surface area contributed by atoms with Gasteiger partial charge in [-0.1, -0.05) is 35.1 Å². The number of nitrogens with one attached hydrogen (secondary N) is 2. The molecule has 0 saturated heterocycles. The summed E-state index contributed by atoms with van der Waals surface area (Å²) in [5.74, 6) is 0.156. The maximum Gasteiger partial charge on any atom is 0.267 e. The summed E-state index contributed by atoms with van der Waals surface area (Å²) in [5.41, 5.74) is 2.92. The van der Waals surface area contributed by atoms with Crippen molar-refractivity contribution < 1.29 is 17.9 Å². The lowest BCUT2D eigenvalue weighted by Gasteiger charge is -2.10. The molecule has 0 spiro atoms. The third-order valence-corrected chi connectivity index (χ3v) is 6.72. The van der Waals surface area contributed by atoms with Crippen LogP contribution in [-0.2, 0) is 10.0 Å². The number of aromatic nitrogens is 1. The third-order valence-electron chi connectivity index (χ3n) is 4.16. The Labute approximate surface area is 173 Å². The van der Waals surface area contributed by atoms with E-state index in [-0.39, 0.29) is 15.9 Å². The van der Waals surface area contributed by atoms with Crippen molar-refractivity contribution in [1.29, 1.82) is 0 Å². The number of nitrogens with zero attached hydrogens (tertiary/aromatic N) is 1. The lowest BCUT2D eigenvalue weighted by molar-refractivity contribution is 0.102. The monoisotopic (exact) mass is 431 g/mol. The summed E-state index contributed by atoms with van der Waals surface area (Å²) in [4.78, 5) is 17.3. The third kappa shape index (κ3) is 4.75. The van der Waals surface area contributed by atoms with Crippen LogP contribution in [0.25, 0.3) is 0 Å². The minimum absolute atomic E-state index is 0.129. The second kappa shape index (κ2) is 8.22. The van der Waals surface area contributed by atoms with Crippen LogP contribution in [0.5, 0.6) is 5.75 Å². The number of carbonyl (C=O) groups is 1. The molecule has 7 nitrogen and oxygen atoms in total. The molecule has 1 heterocycles. The Balaban J connectivity index is 1.81. The van der Waals surface area contributed by atoms with E-state index in [9.17, 15) is 13.2 Å². The first-order valence-corrected chi connectivity index (χ1v) is 11.0. The normalized spacial score (nSPS) is 11.2. The van der Waals surface area contributed by atoms with Crippen molar-refractivity contribution in [3.8, 4) is 5.75 Å². The van der Waals surface area contributed by atoms with E-state index in [0.29, 0.717) is 22.0 Å². The van der Waals surface area contributed by atoms with Crippen molar-refractivity contribution in [2.75, 3.05) is 17.1 Å². The van der Waals surface area contributed by atoms with E-state index in [0.717, 1.165) is 22.5 Å². The highest BCUT2D eigenvalue weighted by atomic mass is 32.2. The van der Waals surface area contributed by atoms with Gasteiger partial charge in [-0.2, -0.15) is 0 Å². The summed E-state index contributed by atoms with van der Waals surface area (Å²) in [7, 11) is -2.26. The van der Waals surface area contributed by atoms with Gasteiger partial charge < -0.3 is 10.1 Å². The predicted molar refractivity (Wildman–Crippen MR) is 115 cm³/mol. The molecule has 29 heavy (non-hydrogen) atoms. The van der Waals surface area contributed by atoms with Gasteiger partial charge in [0.2, 0.25) is 0 Å². The van der Waals surface area contributed by atoms with E-state index < -0.39 is 10.0 Å². The van der Waals surface area contributed by atoms with Crippen LogP contribution in [0.3, 0.4) is 0 Å². The number of sulfonamides is 1. The zero-order valence-electron chi connectivity index (χ0n) is 16.4. The quantitative estimate of drug-likeness (QED) is 0.612. The van der Waals surface area contributed by atoms with Crippen molar-refractivity contribution in [3.05, 3.63) is 64.2 Å². The molecular weight excluding hydrogens is 410 g/mol. The maximum absolute atomic E-state index is 12.7. The highest BCUT2D eigenvalue weighted by Gasteiger charge is 2.21. The predicted octanol–water partition coefficient (Wildman–Crippen LogP) is 4.13. The van der Waals surface area contributed by atoms with Crippen LogP contribution >= 0.6 is 11.3 Å². The highest BCUT2D eigenvalue weighted by Crippen LogP contribution is 2.29. The van der Waals surface area contributed by atoms with Gasteiger partial charge in [0.25, 0.3) is 15.9 Å². The Morgan fingerprint density at radius 3 is 2.34 bits per heavy atom. The topological polar surface area (TPSA) is 97.4 Å². The summed E-state index contributed by atoms with van der Waals surface area (Å²) in [6, 6.07) is 11.9. The van der Waals surface area contributed by atoms with Gasteiger partial charge in [-0.3, -0.25) is 9.52 Å². The SMILES string of the molecule is COc1cc(C)ccc1NC(=O)c1sc(NS(=O)(=O)c2ccc(C)cc2)nc1C. The molecule has 0 radical (unpaired) electrons. The first-order valence-electron chi connectivity index (χ1n) is 8.72. The second-order valence-electron chi connectivity index (χ2n) is 6.51. The number of carbonyl (C=O) groups excluding carboxylic acids is 1. The van der Waals surface area contributed by atoms with Crippen LogP contribution < -0.4 is 14.8 Å². The minimum Gasteiger partial charge on any atom is -0.495 e. The maximum atomic E-state index is 12.7. The number of benzene rings is 2. The van der Waals surface area contributed by atoms with Gasteiger partial charge in [-0.05, 0) is 50.6 Å². The van der Waals surface area contributed by atoms with Gasteiger partial charge in [-0.25, -0.2) is 13.4 Å². The molecule has 2 N–H and O–H groups in total. The van der Waals surface area contributed by atoms with Gasteiger partial charge in [0.05, 0.1) is 23.4 Å². The van der Waals surface area contributed by atoms with E-state index in [1.807, 2.05) is 26.0 Å². The van der Waals surface area contributed by atoms with Crippen LogP contribution in [0, 0.1) is 20.8 Å². The fourth-order valence-electron chi connectivity index (χ4n) is 2.62. The average Bonchev–Trinajstić information content (AvgIpc) is 3.03. The molecule has 3 aromatic rings. The molecule has 0 saturated carbocycles. The molecule has 2 aromatic carbocycles. The molecule has 0 aliphatic heterocycles. The molecule has 0 aliphatic carbocycles. The van der Waals surface area contributed by atoms with Gasteiger partial charge in [0, 0.05) is 0 Å². The van der Waals surface area contributed by atoms with Crippen LogP contribution in [0.4, 0.5) is 10.8 Å². The number of aryl methyl sites for hydroxylation is 3. The molecule has 1 amide bonds. The second-order valence-corrected chi connectivity index (χ2v) is 9.19. The van der Waals surface area contributed by atoms with Gasteiger partial charge in [0.15, 0.2) is 5.13 Å². The Morgan fingerprint density at radius 1 is 1.03 bits per heavy atom. The molecule has 152 valence electrons. The number of hydrogen-bond acceptors (Lipinski definition) is 6. The smallest absolute Gasteiger partial charge is 0.267 e. The summed E-state index contributed by atoms with van der Waals surface area (Å²) < 4.78 is 32.8. The Bertz CT molecular complexity index is 1150. The standard InChI is InChI=1S/C20H21N3O4S2/c1-12-5-8-15(9-6-12)29(25,26)23-20-21-14(3)18(28-20)19(24)22-16-10-7-13(2)11-17(16)27-4/h5-11H,1-4H3,(H,21,23)(H,22,24). The highest BCUT2D eigenvalue weighted by molar-refractivity contribution is 7.93. The van der Waals surface area contributed by atoms with Crippen molar-refractivity contribution in [1.82, 2.24) is 4.98 Å². The first-order chi connectivity index (χ1) is 13.7. The fraction of sp³-hybridized carbons (Fsp3) is 0.200. The van der Waals surface area contributed by atoms with Crippen molar-refractivity contribution in [2.45, 2.75) is 25.7 Å². The largest absolute Gasteiger partial charge is 0.495 e. The Morgan fingerprint density at radius 2 is 1.69 bits per heavy atom. The molecule has 1 aromatic heterocycles. The Hall–Kier alpha value is -2.91. The number of hydrogen-bond donors (Lipinski definition) is 2. The van der Waals surface area contributed by atoms with Crippen molar-refractivity contribution >= 4 is 38.1 Å². The molecule has 0 bridgehead atoms. The van der Waals surface area contributed by atoms with E-state index in [1.54, 1.807) is 25.1 Å². The summed E-state index contributed by atoms with van der Waals surface area (Å²) in [6.45, 7) is 5.46. The molecule has 0 fully saturated rings. The van der Waals surface area contributed by atoms with Gasteiger partial charge in [0.1, 0.15) is 10.6 Å². The number of rotatable bonds is 6. The first kappa shape index (κ1) is 20.8. The molecule has 0 unspecified atom stereocenters. The molecule has 0 atom stereocenters. The number of thiazole rings is 1. The lowest BCUT2D eigenvalue weighted by atomic mass is 10.2. The van der Waals surface area contributed by atoms with Gasteiger partial charge in [-0.15, -0.1) is 0 Å². The van der Waals surface area contributed by atoms with Crippen molar-refractivity contribution in [2.24, 2.45) is 0 Å². The number of methoxy groups -OCH3 is 1. The zero-order valence-corrected chi connectivity index (χ0v) is 18.1. The lowest BCUT2D eigenvalue weighted by Crippen LogP contribution is -2.12. The van der Waals surface area contributed by atoms with Crippen molar-refractivity contribution in [3.63, 3.8) is 0 Å².